The fourth-order valence-corrected chi connectivity index (χ4v) is 1.55. The molecule has 0 heterocycles. The number of benzene rings is 1. The summed E-state index contributed by atoms with van der Waals surface area (Å²) in [6.07, 6.45) is -3.12. The smallest absolute Gasteiger partial charge is 0.305 e. The van der Waals surface area contributed by atoms with E-state index >= 15 is 0 Å². The van der Waals surface area contributed by atoms with Gasteiger partial charge in [-0.05, 0) is 11.1 Å². The second-order valence-electron chi connectivity index (χ2n) is 3.50. The molecule has 0 radical (unpaired) electrons. The number of nitrogens with two attached hydrogens (primary N) is 1. The first kappa shape index (κ1) is 12.6. The number of halogens is 2. The Morgan fingerprint density at radius 1 is 1.38 bits per heavy atom. The minimum absolute atomic E-state index is 0.264. The average Bonchev–Trinajstić information content (AvgIpc) is 2.16. The van der Waals surface area contributed by atoms with E-state index in [-0.39, 0.29) is 6.42 Å². The quantitative estimate of drug-likeness (QED) is 0.811. The first-order chi connectivity index (χ1) is 7.50. The molecular formula is C11H13F2NO2. The average molecular weight is 229 g/mol. The lowest BCUT2D eigenvalue weighted by atomic mass is 9.97. The standard InChI is InChI=1S/C11H13F2NO2/c12-10(13)5-7-3-1-2-4-8(7)9(14)6-11(15)16/h1-4,9-10H,5-6,14H2,(H,15,16). The van der Waals surface area contributed by atoms with Crippen molar-refractivity contribution in [1.29, 1.82) is 0 Å². The molecule has 0 aromatic heterocycles. The highest BCUT2D eigenvalue weighted by Gasteiger charge is 2.16. The van der Waals surface area contributed by atoms with E-state index in [1.54, 1.807) is 24.3 Å². The van der Waals surface area contributed by atoms with Crippen LogP contribution in [0.3, 0.4) is 0 Å². The van der Waals surface area contributed by atoms with Crippen LogP contribution < -0.4 is 5.73 Å². The summed E-state index contributed by atoms with van der Waals surface area (Å²) in [6.45, 7) is 0. The third-order valence-electron chi connectivity index (χ3n) is 2.22. The van der Waals surface area contributed by atoms with E-state index in [0.717, 1.165) is 0 Å². The Morgan fingerprint density at radius 2 is 2.00 bits per heavy atom. The molecule has 0 aliphatic heterocycles. The van der Waals surface area contributed by atoms with E-state index in [1.807, 2.05) is 0 Å². The van der Waals surface area contributed by atoms with Gasteiger partial charge in [0.1, 0.15) is 0 Å². The van der Waals surface area contributed by atoms with Crippen LogP contribution in [0.5, 0.6) is 0 Å². The van der Waals surface area contributed by atoms with Crippen molar-refractivity contribution < 1.29 is 18.7 Å². The highest BCUT2D eigenvalue weighted by atomic mass is 19.3. The third-order valence-corrected chi connectivity index (χ3v) is 2.22. The van der Waals surface area contributed by atoms with Crippen LogP contribution in [0.4, 0.5) is 8.78 Å². The molecule has 0 aliphatic carbocycles. The van der Waals surface area contributed by atoms with Crippen molar-refractivity contribution in [3.8, 4) is 0 Å². The van der Waals surface area contributed by atoms with E-state index in [2.05, 4.69) is 0 Å². The summed E-state index contributed by atoms with van der Waals surface area (Å²) in [7, 11) is 0. The third kappa shape index (κ3) is 3.58. The Hall–Kier alpha value is -1.49. The molecule has 3 nitrogen and oxygen atoms in total. The zero-order valence-electron chi connectivity index (χ0n) is 8.57. The molecule has 0 bridgehead atoms. The lowest BCUT2D eigenvalue weighted by Crippen LogP contribution is -2.17. The van der Waals surface area contributed by atoms with E-state index in [4.69, 9.17) is 10.8 Å². The molecule has 0 amide bonds. The molecule has 0 fully saturated rings. The Morgan fingerprint density at radius 3 is 2.56 bits per heavy atom. The normalized spacial score (nSPS) is 12.8. The molecule has 1 aromatic carbocycles. The lowest BCUT2D eigenvalue weighted by molar-refractivity contribution is -0.137. The summed E-state index contributed by atoms with van der Waals surface area (Å²) in [6, 6.07) is 5.68. The topological polar surface area (TPSA) is 63.3 Å². The highest BCUT2D eigenvalue weighted by molar-refractivity contribution is 5.68. The van der Waals surface area contributed by atoms with Crippen LogP contribution in [0.25, 0.3) is 0 Å². The molecule has 16 heavy (non-hydrogen) atoms. The summed E-state index contributed by atoms with van der Waals surface area (Å²) in [5.74, 6) is -1.04. The minimum Gasteiger partial charge on any atom is -0.481 e. The maximum Gasteiger partial charge on any atom is 0.305 e. The molecule has 1 atom stereocenters. The fraction of sp³-hybridized carbons (Fsp3) is 0.364. The predicted molar refractivity (Wildman–Crippen MR) is 55.3 cm³/mol. The summed E-state index contributed by atoms with van der Waals surface area (Å²) < 4.78 is 24.5. The number of rotatable bonds is 5. The summed E-state index contributed by atoms with van der Waals surface area (Å²) in [5, 5.41) is 8.59. The first-order valence-corrected chi connectivity index (χ1v) is 4.84. The molecule has 1 unspecified atom stereocenters. The predicted octanol–water partition coefficient (Wildman–Crippen LogP) is 1.97. The monoisotopic (exact) mass is 229 g/mol. The van der Waals surface area contributed by atoms with Crippen molar-refractivity contribution in [2.24, 2.45) is 5.73 Å². The second-order valence-corrected chi connectivity index (χ2v) is 3.50. The van der Waals surface area contributed by atoms with Crippen LogP contribution in [-0.2, 0) is 11.2 Å². The maximum atomic E-state index is 12.3. The Bertz CT molecular complexity index is 369. The highest BCUT2D eigenvalue weighted by Crippen LogP contribution is 2.21. The Kier molecular flexibility index (Phi) is 4.37. The molecule has 1 aromatic rings. The van der Waals surface area contributed by atoms with E-state index in [1.165, 1.54) is 0 Å². The zero-order valence-corrected chi connectivity index (χ0v) is 8.57. The fourth-order valence-electron chi connectivity index (χ4n) is 1.55. The van der Waals surface area contributed by atoms with E-state index in [9.17, 15) is 13.6 Å². The van der Waals surface area contributed by atoms with Gasteiger partial charge < -0.3 is 10.8 Å². The molecule has 0 aliphatic rings. The number of alkyl halides is 2. The zero-order chi connectivity index (χ0) is 12.1. The number of carboxylic acid groups (broad SMARTS) is 1. The molecule has 0 saturated carbocycles. The SMILES string of the molecule is NC(CC(=O)O)c1ccccc1CC(F)F. The number of aliphatic carboxylic acids is 1. The summed E-state index contributed by atoms with van der Waals surface area (Å²) in [5.41, 5.74) is 6.53. The van der Waals surface area contributed by atoms with Crippen molar-refractivity contribution in [2.45, 2.75) is 25.3 Å². The molecule has 3 N–H and O–H groups in total. The van der Waals surface area contributed by atoms with Gasteiger partial charge in [-0.25, -0.2) is 8.78 Å². The van der Waals surface area contributed by atoms with E-state index in [0.29, 0.717) is 11.1 Å². The van der Waals surface area contributed by atoms with Gasteiger partial charge in [-0.1, -0.05) is 24.3 Å². The number of hydrogen-bond acceptors (Lipinski definition) is 2. The van der Waals surface area contributed by atoms with Gasteiger partial charge in [0.05, 0.1) is 6.42 Å². The van der Waals surface area contributed by atoms with Crippen LogP contribution in [0.2, 0.25) is 0 Å². The van der Waals surface area contributed by atoms with Gasteiger partial charge in [-0.15, -0.1) is 0 Å². The molecule has 0 spiro atoms. The summed E-state index contributed by atoms with van der Waals surface area (Å²) in [4.78, 5) is 10.5. The first-order valence-electron chi connectivity index (χ1n) is 4.84. The molecule has 88 valence electrons. The van der Waals surface area contributed by atoms with Crippen LogP contribution >= 0.6 is 0 Å². The van der Waals surface area contributed by atoms with Crippen LogP contribution in [0.1, 0.15) is 23.6 Å². The van der Waals surface area contributed by atoms with Crippen molar-refractivity contribution >= 4 is 5.97 Å². The van der Waals surface area contributed by atoms with E-state index < -0.39 is 24.9 Å². The molecule has 5 heteroatoms. The van der Waals surface area contributed by atoms with Crippen LogP contribution in [0.15, 0.2) is 24.3 Å². The summed E-state index contributed by atoms with van der Waals surface area (Å²) >= 11 is 0. The minimum atomic E-state index is -2.46. The van der Waals surface area contributed by atoms with Gasteiger partial charge in [0.2, 0.25) is 6.43 Å². The van der Waals surface area contributed by atoms with Crippen molar-refractivity contribution in [3.63, 3.8) is 0 Å². The number of hydrogen-bond donors (Lipinski definition) is 2. The molecular weight excluding hydrogens is 216 g/mol. The van der Waals surface area contributed by atoms with Crippen molar-refractivity contribution in [1.82, 2.24) is 0 Å². The second kappa shape index (κ2) is 5.55. The lowest BCUT2D eigenvalue weighted by Gasteiger charge is -2.14. The van der Waals surface area contributed by atoms with Crippen molar-refractivity contribution in [2.75, 3.05) is 0 Å². The Labute approximate surface area is 91.9 Å². The Balaban J connectivity index is 2.89. The van der Waals surface area contributed by atoms with Crippen molar-refractivity contribution in [3.05, 3.63) is 35.4 Å². The van der Waals surface area contributed by atoms with Gasteiger partial charge in [0, 0.05) is 12.5 Å². The number of carboxylic acids is 1. The van der Waals surface area contributed by atoms with Gasteiger partial charge in [0.15, 0.2) is 0 Å². The van der Waals surface area contributed by atoms with Gasteiger partial charge in [-0.2, -0.15) is 0 Å². The van der Waals surface area contributed by atoms with Gasteiger partial charge >= 0.3 is 5.97 Å². The number of carbonyl (C=O) groups is 1. The van der Waals surface area contributed by atoms with Gasteiger partial charge in [-0.3, -0.25) is 4.79 Å². The molecule has 1 rings (SSSR count). The maximum absolute atomic E-state index is 12.3. The molecule has 0 saturated heterocycles. The largest absolute Gasteiger partial charge is 0.481 e. The van der Waals surface area contributed by atoms with Crippen LogP contribution in [-0.4, -0.2) is 17.5 Å². The van der Waals surface area contributed by atoms with Gasteiger partial charge in [0.25, 0.3) is 0 Å². The van der Waals surface area contributed by atoms with Crippen LogP contribution in [0, 0.1) is 0 Å².